The second kappa shape index (κ2) is 7.91. The summed E-state index contributed by atoms with van der Waals surface area (Å²) in [6, 6.07) is 0. The van der Waals surface area contributed by atoms with Crippen LogP contribution >= 0.6 is 0 Å². The molecular weight excluding hydrogens is 368 g/mol. The summed E-state index contributed by atoms with van der Waals surface area (Å²) in [7, 11) is 0. The molecule has 1 unspecified atom stereocenters. The third-order valence-corrected chi connectivity index (χ3v) is 11.1. The molecule has 9 atom stereocenters. The van der Waals surface area contributed by atoms with Gasteiger partial charge < -0.3 is 10.2 Å². The van der Waals surface area contributed by atoms with Gasteiger partial charge in [0.15, 0.2) is 0 Å². The average Bonchev–Trinajstić information content (AvgIpc) is 2.89. The van der Waals surface area contributed by atoms with Crippen LogP contribution in [0.15, 0.2) is 11.6 Å². The summed E-state index contributed by atoms with van der Waals surface area (Å²) in [6.45, 7) is 14.6. The largest absolute Gasteiger partial charge is 0.393 e. The summed E-state index contributed by atoms with van der Waals surface area (Å²) in [5.41, 5.74) is 2.06. The molecule has 0 aromatic carbocycles. The molecule has 0 aromatic heterocycles. The van der Waals surface area contributed by atoms with Gasteiger partial charge in [0.2, 0.25) is 0 Å². The number of hydrogen-bond acceptors (Lipinski definition) is 2. The van der Waals surface area contributed by atoms with Gasteiger partial charge in [0.05, 0.1) is 12.2 Å². The van der Waals surface area contributed by atoms with E-state index in [1.165, 1.54) is 32.1 Å². The Bertz CT molecular complexity index is 668. The zero-order valence-corrected chi connectivity index (χ0v) is 20.6. The van der Waals surface area contributed by atoms with Crippen LogP contribution < -0.4 is 0 Å². The second-order valence-corrected chi connectivity index (χ2v) is 12.9. The Morgan fingerprint density at radius 3 is 2.43 bits per heavy atom. The van der Waals surface area contributed by atoms with Gasteiger partial charge in [0.25, 0.3) is 0 Å². The van der Waals surface area contributed by atoms with Gasteiger partial charge in [-0.15, -0.1) is 0 Å². The van der Waals surface area contributed by atoms with Crippen LogP contribution in [0, 0.1) is 45.8 Å². The van der Waals surface area contributed by atoms with Gasteiger partial charge in [-0.1, -0.05) is 72.5 Å². The molecule has 3 fully saturated rings. The lowest BCUT2D eigenvalue weighted by Crippen LogP contribution is -2.55. The topological polar surface area (TPSA) is 40.5 Å². The number of hydrogen-bond donors (Lipinski definition) is 2. The van der Waals surface area contributed by atoms with E-state index in [1.807, 2.05) is 0 Å². The molecule has 0 amide bonds. The van der Waals surface area contributed by atoms with Gasteiger partial charge in [0.1, 0.15) is 0 Å². The van der Waals surface area contributed by atoms with Crippen molar-refractivity contribution >= 4 is 0 Å². The van der Waals surface area contributed by atoms with E-state index >= 15 is 0 Å². The van der Waals surface area contributed by atoms with Crippen molar-refractivity contribution in [3.05, 3.63) is 11.6 Å². The van der Waals surface area contributed by atoms with Crippen molar-refractivity contribution in [2.75, 3.05) is 0 Å². The lowest BCUT2D eigenvalue weighted by atomic mass is 9.43. The van der Waals surface area contributed by atoms with E-state index in [-0.39, 0.29) is 23.0 Å². The van der Waals surface area contributed by atoms with E-state index in [2.05, 4.69) is 47.6 Å². The molecular formula is C28H48O2. The monoisotopic (exact) mass is 416 g/mol. The minimum atomic E-state index is -0.205. The molecule has 4 aliphatic carbocycles. The highest BCUT2D eigenvalue weighted by molar-refractivity contribution is 5.34. The first-order valence-corrected chi connectivity index (χ1v) is 13.1. The number of aliphatic hydroxyl groups excluding tert-OH is 2. The Morgan fingerprint density at radius 1 is 1.00 bits per heavy atom. The average molecular weight is 417 g/mol. The maximum Gasteiger partial charge on any atom is 0.0639 e. The van der Waals surface area contributed by atoms with Gasteiger partial charge in [-0.25, -0.2) is 0 Å². The van der Waals surface area contributed by atoms with Crippen molar-refractivity contribution in [2.24, 2.45) is 45.8 Å². The minimum Gasteiger partial charge on any atom is -0.393 e. The summed E-state index contributed by atoms with van der Waals surface area (Å²) < 4.78 is 0. The lowest BCUT2D eigenvalue weighted by Gasteiger charge is -2.61. The predicted octanol–water partition coefficient (Wildman–Crippen LogP) is 6.75. The summed E-state index contributed by atoms with van der Waals surface area (Å²) in [4.78, 5) is 0. The molecule has 0 heterocycles. The quantitative estimate of drug-likeness (QED) is 0.487. The molecule has 2 nitrogen and oxygen atoms in total. The molecule has 4 rings (SSSR count). The Hall–Kier alpha value is -0.340. The molecule has 172 valence electrons. The molecule has 0 aliphatic heterocycles. The fraction of sp³-hybridized carbons (Fsp3) is 0.929. The van der Waals surface area contributed by atoms with Gasteiger partial charge in [-0.2, -0.15) is 0 Å². The highest BCUT2D eigenvalue weighted by atomic mass is 16.3. The third kappa shape index (κ3) is 3.26. The van der Waals surface area contributed by atoms with E-state index < -0.39 is 0 Å². The Labute approximate surface area is 185 Å². The highest BCUT2D eigenvalue weighted by Crippen LogP contribution is 2.72. The van der Waals surface area contributed by atoms with Crippen LogP contribution in [0.2, 0.25) is 0 Å². The Balaban J connectivity index is 1.61. The van der Waals surface area contributed by atoms with Crippen LogP contribution in [0.1, 0.15) is 106 Å². The lowest BCUT2D eigenvalue weighted by molar-refractivity contribution is -0.0819. The third-order valence-electron chi connectivity index (χ3n) is 11.1. The van der Waals surface area contributed by atoms with Crippen LogP contribution in [-0.2, 0) is 0 Å². The zero-order chi connectivity index (χ0) is 21.9. The van der Waals surface area contributed by atoms with Crippen molar-refractivity contribution in [1.82, 2.24) is 0 Å². The highest BCUT2D eigenvalue weighted by Gasteiger charge is 2.66. The van der Waals surface area contributed by atoms with Gasteiger partial charge in [-0.05, 0) is 85.4 Å². The van der Waals surface area contributed by atoms with Gasteiger partial charge in [-0.3, -0.25) is 0 Å². The second-order valence-electron chi connectivity index (χ2n) is 12.9. The van der Waals surface area contributed by atoms with E-state index in [9.17, 15) is 10.2 Å². The number of aliphatic hydroxyl groups is 2. The SMILES string of the molecule is CC(C)CCC[C@@H](C)[C@H]1C[C@H](O)C2(C)C3=CC[C@H]4C[C@@H](O)CC[C@]4(C)[C@H]3CC[C@]12C. The Kier molecular flexibility index (Phi) is 6.02. The van der Waals surface area contributed by atoms with Crippen LogP contribution in [0.4, 0.5) is 0 Å². The maximum atomic E-state index is 11.6. The predicted molar refractivity (Wildman–Crippen MR) is 125 cm³/mol. The molecule has 0 saturated heterocycles. The minimum absolute atomic E-state index is 0.0725. The van der Waals surface area contributed by atoms with E-state index in [0.29, 0.717) is 29.1 Å². The first-order chi connectivity index (χ1) is 14.0. The fourth-order valence-corrected chi connectivity index (χ4v) is 8.87. The molecule has 0 radical (unpaired) electrons. The van der Waals surface area contributed by atoms with Crippen molar-refractivity contribution in [1.29, 1.82) is 0 Å². The maximum absolute atomic E-state index is 11.6. The zero-order valence-electron chi connectivity index (χ0n) is 20.6. The molecule has 30 heavy (non-hydrogen) atoms. The number of allylic oxidation sites excluding steroid dienone is 1. The molecule has 4 aliphatic rings. The fourth-order valence-electron chi connectivity index (χ4n) is 8.87. The molecule has 3 saturated carbocycles. The smallest absolute Gasteiger partial charge is 0.0639 e. The summed E-state index contributed by atoms with van der Waals surface area (Å²) in [5.74, 6) is 3.33. The molecule has 0 aromatic rings. The van der Waals surface area contributed by atoms with Crippen LogP contribution in [0.5, 0.6) is 0 Å². The van der Waals surface area contributed by atoms with E-state index in [1.54, 1.807) is 5.57 Å². The van der Waals surface area contributed by atoms with Crippen molar-refractivity contribution < 1.29 is 10.2 Å². The number of fused-ring (bicyclic) bond motifs is 5. The molecule has 0 spiro atoms. The summed E-state index contributed by atoms with van der Waals surface area (Å²) in [6.07, 6.45) is 13.9. The molecule has 2 N–H and O–H groups in total. The standard InChI is InChI=1S/C28H48O2/c1-18(2)8-7-9-19(3)24-17-25(30)28(6)23-11-10-20-16-21(29)12-14-26(20,4)22(23)13-15-27(24,28)5/h11,18-22,24-25,29-30H,7-10,12-17H2,1-6H3/t19-,20+,21+,22+,24-,25+,26+,27-,28?/m1/s1. The molecule has 0 bridgehead atoms. The summed E-state index contributed by atoms with van der Waals surface area (Å²) >= 11 is 0. The van der Waals surface area contributed by atoms with Crippen LogP contribution in [0.25, 0.3) is 0 Å². The van der Waals surface area contributed by atoms with E-state index in [0.717, 1.165) is 38.0 Å². The first-order valence-electron chi connectivity index (χ1n) is 13.1. The normalized spacial score (nSPS) is 49.2. The molecule has 2 heteroatoms. The van der Waals surface area contributed by atoms with Crippen molar-refractivity contribution in [3.8, 4) is 0 Å². The van der Waals surface area contributed by atoms with Crippen LogP contribution in [-0.4, -0.2) is 22.4 Å². The van der Waals surface area contributed by atoms with Crippen molar-refractivity contribution in [2.45, 2.75) is 118 Å². The number of rotatable bonds is 5. The first kappa shape index (κ1) is 22.8. The van der Waals surface area contributed by atoms with E-state index in [4.69, 9.17) is 0 Å². The Morgan fingerprint density at radius 2 is 1.73 bits per heavy atom. The van der Waals surface area contributed by atoms with Gasteiger partial charge >= 0.3 is 0 Å². The summed E-state index contributed by atoms with van der Waals surface area (Å²) in [5, 5.41) is 21.8. The van der Waals surface area contributed by atoms with Gasteiger partial charge in [0, 0.05) is 5.41 Å². The van der Waals surface area contributed by atoms with Crippen molar-refractivity contribution in [3.63, 3.8) is 0 Å². The van der Waals surface area contributed by atoms with Crippen LogP contribution in [0.3, 0.4) is 0 Å².